The summed E-state index contributed by atoms with van der Waals surface area (Å²) in [4.78, 5) is 12.5. The molecule has 0 spiro atoms. The van der Waals surface area contributed by atoms with Crippen molar-refractivity contribution < 1.29 is 14.6 Å². The molecule has 0 aliphatic carbocycles. The van der Waals surface area contributed by atoms with Gasteiger partial charge in [-0.3, -0.25) is 4.79 Å². The Morgan fingerprint density at radius 3 is 2.54 bits per heavy atom. The zero-order chi connectivity index (χ0) is 18.7. The molecule has 0 radical (unpaired) electrons. The van der Waals surface area contributed by atoms with Gasteiger partial charge in [-0.05, 0) is 35.0 Å². The Morgan fingerprint density at radius 1 is 1.15 bits per heavy atom. The van der Waals surface area contributed by atoms with Gasteiger partial charge in [0.25, 0.3) is 5.91 Å². The normalized spacial score (nSPS) is 11.0. The first kappa shape index (κ1) is 18.0. The molecule has 3 aromatic carbocycles. The van der Waals surface area contributed by atoms with Crippen LogP contribution in [0.2, 0.25) is 10.0 Å². The number of fused-ring (bicyclic) bond motifs is 1. The van der Waals surface area contributed by atoms with Crippen LogP contribution in [0, 0.1) is 0 Å². The van der Waals surface area contributed by atoms with Crippen LogP contribution in [-0.4, -0.2) is 24.3 Å². The third-order valence-corrected chi connectivity index (χ3v) is 4.25. The van der Waals surface area contributed by atoms with Crippen LogP contribution in [0.3, 0.4) is 0 Å². The van der Waals surface area contributed by atoms with E-state index in [1.165, 1.54) is 25.5 Å². The molecule has 5 nitrogen and oxygen atoms in total. The number of rotatable bonds is 4. The van der Waals surface area contributed by atoms with Crippen molar-refractivity contribution in [1.29, 1.82) is 0 Å². The van der Waals surface area contributed by atoms with Crippen LogP contribution < -0.4 is 10.2 Å². The van der Waals surface area contributed by atoms with Gasteiger partial charge in [0.05, 0.1) is 23.9 Å². The highest BCUT2D eigenvalue weighted by molar-refractivity contribution is 6.36. The molecule has 0 saturated carbocycles. The van der Waals surface area contributed by atoms with Crippen LogP contribution in [0.15, 0.2) is 53.6 Å². The van der Waals surface area contributed by atoms with Gasteiger partial charge in [-0.1, -0.05) is 47.5 Å². The van der Waals surface area contributed by atoms with Crippen molar-refractivity contribution in [1.82, 2.24) is 5.43 Å². The molecule has 7 heteroatoms. The van der Waals surface area contributed by atoms with Crippen molar-refractivity contribution >= 4 is 46.1 Å². The third kappa shape index (κ3) is 3.74. The van der Waals surface area contributed by atoms with Gasteiger partial charge in [-0.15, -0.1) is 0 Å². The van der Waals surface area contributed by atoms with E-state index in [9.17, 15) is 9.90 Å². The maximum Gasteiger partial charge on any atom is 0.275 e. The molecule has 2 N–H and O–H groups in total. The number of ether oxygens (including phenoxy) is 1. The van der Waals surface area contributed by atoms with Crippen LogP contribution >= 0.6 is 23.2 Å². The van der Waals surface area contributed by atoms with E-state index in [1.807, 2.05) is 24.3 Å². The Hall–Kier alpha value is -2.76. The summed E-state index contributed by atoms with van der Waals surface area (Å²) in [7, 11) is 1.50. The van der Waals surface area contributed by atoms with Gasteiger partial charge in [0.1, 0.15) is 11.5 Å². The quantitative estimate of drug-likeness (QED) is 0.505. The molecule has 0 atom stereocenters. The third-order valence-electron chi connectivity index (χ3n) is 3.74. The van der Waals surface area contributed by atoms with Crippen molar-refractivity contribution in [2.75, 3.05) is 7.11 Å². The van der Waals surface area contributed by atoms with Gasteiger partial charge in [-0.2, -0.15) is 5.10 Å². The Labute approximate surface area is 159 Å². The summed E-state index contributed by atoms with van der Waals surface area (Å²) in [6, 6.07) is 14.0. The lowest BCUT2D eigenvalue weighted by molar-refractivity contribution is 0.0952. The zero-order valence-electron chi connectivity index (χ0n) is 13.7. The van der Waals surface area contributed by atoms with Crippen LogP contribution in [0.5, 0.6) is 11.5 Å². The first-order chi connectivity index (χ1) is 12.5. The van der Waals surface area contributed by atoms with E-state index in [-0.39, 0.29) is 16.3 Å². The largest absolute Gasteiger partial charge is 0.506 e. The number of amides is 1. The van der Waals surface area contributed by atoms with E-state index in [4.69, 9.17) is 27.9 Å². The average molecular weight is 389 g/mol. The van der Waals surface area contributed by atoms with Gasteiger partial charge < -0.3 is 9.84 Å². The van der Waals surface area contributed by atoms with E-state index < -0.39 is 5.91 Å². The number of phenols is 1. The van der Waals surface area contributed by atoms with Crippen LogP contribution in [0.4, 0.5) is 0 Å². The molecule has 1 amide bonds. The van der Waals surface area contributed by atoms with Crippen molar-refractivity contribution in [3.63, 3.8) is 0 Å². The van der Waals surface area contributed by atoms with Crippen LogP contribution in [0.1, 0.15) is 15.9 Å². The Morgan fingerprint density at radius 2 is 1.85 bits per heavy atom. The molecule has 0 aromatic heterocycles. The average Bonchev–Trinajstić information content (AvgIpc) is 2.64. The van der Waals surface area contributed by atoms with Gasteiger partial charge in [0.15, 0.2) is 0 Å². The van der Waals surface area contributed by atoms with Gasteiger partial charge >= 0.3 is 0 Å². The SMILES string of the molecule is COc1cc2ccccc2cc1C(=O)N/N=C\c1cc(Cl)cc(Cl)c1O. The Kier molecular flexibility index (Phi) is 5.30. The maximum absolute atomic E-state index is 12.5. The van der Waals surface area contributed by atoms with E-state index in [2.05, 4.69) is 10.5 Å². The van der Waals surface area contributed by atoms with Crippen LogP contribution in [0.25, 0.3) is 10.8 Å². The summed E-state index contributed by atoms with van der Waals surface area (Å²) in [5.41, 5.74) is 3.04. The number of aromatic hydroxyl groups is 1. The number of nitrogens with one attached hydrogen (secondary N) is 1. The summed E-state index contributed by atoms with van der Waals surface area (Å²) in [5, 5.41) is 16.1. The minimum Gasteiger partial charge on any atom is -0.506 e. The van der Waals surface area contributed by atoms with E-state index in [0.29, 0.717) is 16.3 Å². The van der Waals surface area contributed by atoms with Gasteiger partial charge in [0.2, 0.25) is 0 Å². The number of carbonyl (C=O) groups excluding carboxylic acids is 1. The second-order valence-electron chi connectivity index (χ2n) is 5.42. The van der Waals surface area contributed by atoms with Crippen LogP contribution in [-0.2, 0) is 0 Å². The van der Waals surface area contributed by atoms with E-state index >= 15 is 0 Å². The minimum atomic E-state index is -0.448. The first-order valence-corrected chi connectivity index (χ1v) is 8.33. The lowest BCUT2D eigenvalue weighted by Crippen LogP contribution is -2.18. The van der Waals surface area contributed by atoms with Crippen molar-refractivity contribution in [2.45, 2.75) is 0 Å². The minimum absolute atomic E-state index is 0.0986. The maximum atomic E-state index is 12.5. The van der Waals surface area contributed by atoms with Crippen molar-refractivity contribution in [2.24, 2.45) is 5.10 Å². The number of halogens is 2. The van der Waals surface area contributed by atoms with Crippen molar-refractivity contribution in [3.8, 4) is 11.5 Å². The lowest BCUT2D eigenvalue weighted by atomic mass is 10.1. The number of hydrogen-bond donors (Lipinski definition) is 2. The van der Waals surface area contributed by atoms with Gasteiger partial charge in [0, 0.05) is 10.6 Å². The predicted octanol–water partition coefficient (Wildman–Crippen LogP) is 4.62. The number of hydrogen-bond acceptors (Lipinski definition) is 4. The molecule has 3 aromatic rings. The fourth-order valence-corrected chi connectivity index (χ4v) is 2.98. The highest BCUT2D eigenvalue weighted by atomic mass is 35.5. The fourth-order valence-electron chi connectivity index (χ4n) is 2.47. The molecule has 3 rings (SSSR count). The Bertz CT molecular complexity index is 1020. The molecule has 0 aliphatic heterocycles. The summed E-state index contributed by atoms with van der Waals surface area (Å²) in [5.74, 6) is -0.182. The van der Waals surface area contributed by atoms with Crippen molar-refractivity contribution in [3.05, 3.63) is 69.7 Å². The number of methoxy groups -OCH3 is 1. The summed E-state index contributed by atoms with van der Waals surface area (Å²) < 4.78 is 5.30. The number of benzene rings is 3. The first-order valence-electron chi connectivity index (χ1n) is 7.58. The molecule has 0 unspecified atom stereocenters. The second-order valence-corrected chi connectivity index (χ2v) is 6.27. The molecule has 0 fully saturated rings. The molecule has 0 bridgehead atoms. The predicted molar refractivity (Wildman–Crippen MR) is 104 cm³/mol. The molecule has 132 valence electrons. The number of carbonyl (C=O) groups is 1. The molecule has 0 heterocycles. The standard InChI is InChI=1S/C19H14Cl2N2O3/c1-26-17-8-12-5-3-2-4-11(12)7-15(17)19(25)23-22-10-13-6-14(20)9-16(21)18(13)24/h2-10,24H,1H3,(H,23,25)/b22-10-. The monoisotopic (exact) mass is 388 g/mol. The summed E-state index contributed by atoms with van der Waals surface area (Å²) in [6.45, 7) is 0. The topological polar surface area (TPSA) is 70.9 Å². The zero-order valence-corrected chi connectivity index (χ0v) is 15.2. The fraction of sp³-hybridized carbons (Fsp3) is 0.0526. The second kappa shape index (κ2) is 7.64. The summed E-state index contributed by atoms with van der Waals surface area (Å²) in [6.07, 6.45) is 1.26. The van der Waals surface area contributed by atoms with Gasteiger partial charge in [-0.25, -0.2) is 5.43 Å². The molecular formula is C19H14Cl2N2O3. The number of phenolic OH excluding ortho intramolecular Hbond substituents is 1. The number of nitrogens with zero attached hydrogens (tertiary/aromatic N) is 1. The Balaban J connectivity index is 1.85. The number of hydrazone groups is 1. The molecule has 0 saturated heterocycles. The molecular weight excluding hydrogens is 375 g/mol. The van der Waals surface area contributed by atoms with E-state index in [1.54, 1.807) is 12.1 Å². The highest BCUT2D eigenvalue weighted by Crippen LogP contribution is 2.30. The molecule has 0 aliphatic rings. The highest BCUT2D eigenvalue weighted by Gasteiger charge is 2.13. The molecule has 26 heavy (non-hydrogen) atoms. The summed E-state index contributed by atoms with van der Waals surface area (Å²) >= 11 is 11.7. The van der Waals surface area contributed by atoms with E-state index in [0.717, 1.165) is 10.8 Å². The smallest absolute Gasteiger partial charge is 0.275 e. The lowest BCUT2D eigenvalue weighted by Gasteiger charge is -2.09.